The summed E-state index contributed by atoms with van der Waals surface area (Å²) in [5, 5.41) is 4.90. The van der Waals surface area contributed by atoms with Crippen LogP contribution in [-0.4, -0.2) is 14.5 Å². The summed E-state index contributed by atoms with van der Waals surface area (Å²) in [5.74, 6) is 0. The minimum Gasteiger partial charge on any atom is -0.309 e. The highest BCUT2D eigenvalue weighted by atomic mass is 32.1. The lowest BCUT2D eigenvalue weighted by molar-refractivity contribution is 1.19. The quantitative estimate of drug-likeness (QED) is 0.144. The van der Waals surface area contributed by atoms with Crippen LogP contribution in [0.3, 0.4) is 0 Å². The van der Waals surface area contributed by atoms with Gasteiger partial charge in [0.1, 0.15) is 0 Å². The molecule has 0 amide bonds. The number of hydrogen-bond acceptors (Lipinski definition) is 3. The summed E-state index contributed by atoms with van der Waals surface area (Å²) in [6.45, 7) is 6.15. The Morgan fingerprint density at radius 3 is 2.09 bits per heavy atom. The topological polar surface area (TPSA) is 30.7 Å². The van der Waals surface area contributed by atoms with Crippen molar-refractivity contribution in [3.05, 3.63) is 218 Å². The predicted octanol–water partition coefficient (Wildman–Crippen LogP) is 14.8. The fourth-order valence-corrected chi connectivity index (χ4v) is 9.39. The Kier molecular flexibility index (Phi) is 9.17. The number of hydrogen-bond donors (Lipinski definition) is 0. The molecule has 0 bridgehead atoms. The number of pyridine rings is 2. The molecule has 0 N–H and O–H groups in total. The van der Waals surface area contributed by atoms with Crippen molar-refractivity contribution in [3.8, 4) is 28.1 Å². The monoisotopic (exact) mass is 761 g/mol. The minimum atomic E-state index is 0.856. The van der Waals surface area contributed by atoms with Crippen molar-refractivity contribution >= 4 is 70.0 Å². The van der Waals surface area contributed by atoms with Crippen LogP contribution in [0.4, 0.5) is 0 Å². The molecule has 4 heteroatoms. The summed E-state index contributed by atoms with van der Waals surface area (Å²) < 4.78 is 4.98. The molecule has 0 aliphatic heterocycles. The lowest BCUT2D eigenvalue weighted by Gasteiger charge is -2.13. The van der Waals surface area contributed by atoms with Gasteiger partial charge in [0.05, 0.1) is 22.4 Å². The summed E-state index contributed by atoms with van der Waals surface area (Å²) >= 11 is 1.84. The smallest absolute Gasteiger partial charge is 0.0708 e. The molecule has 4 heterocycles. The highest BCUT2D eigenvalue weighted by Gasteiger charge is 2.19. The average molecular weight is 762 g/mol. The fraction of sp³-hybridized carbons (Fsp3) is 0.0370. The number of aromatic nitrogens is 3. The first kappa shape index (κ1) is 35.3. The van der Waals surface area contributed by atoms with E-state index in [0.717, 1.165) is 79.1 Å². The molecule has 4 aromatic heterocycles. The molecule has 0 saturated carbocycles. The lowest BCUT2D eigenvalue weighted by atomic mass is 9.93. The third kappa shape index (κ3) is 6.25. The van der Waals surface area contributed by atoms with Crippen LogP contribution < -0.4 is 0 Å². The molecule has 0 fully saturated rings. The maximum Gasteiger partial charge on any atom is 0.0708 e. The molecule has 276 valence electrons. The van der Waals surface area contributed by atoms with E-state index in [9.17, 15) is 0 Å². The Labute approximate surface area is 342 Å². The third-order valence-corrected chi connectivity index (χ3v) is 12.2. The first-order valence-corrected chi connectivity index (χ1v) is 20.5. The first-order valence-electron chi connectivity index (χ1n) is 19.7. The van der Waals surface area contributed by atoms with Gasteiger partial charge < -0.3 is 4.57 Å². The Hall–Kier alpha value is -7.14. The number of fused-ring (bicyclic) bond motifs is 6. The molecule has 0 radical (unpaired) electrons. The summed E-state index contributed by atoms with van der Waals surface area (Å²) in [4.78, 5) is 9.51. The van der Waals surface area contributed by atoms with Crippen LogP contribution in [-0.2, 0) is 0 Å². The molecular formula is C54H39N3S. The Bertz CT molecular complexity index is 3210. The van der Waals surface area contributed by atoms with Gasteiger partial charge in [-0.05, 0) is 126 Å². The number of rotatable bonds is 8. The van der Waals surface area contributed by atoms with Gasteiger partial charge in [-0.1, -0.05) is 110 Å². The largest absolute Gasteiger partial charge is 0.309 e. The summed E-state index contributed by atoms with van der Waals surface area (Å²) in [6.07, 6.45) is 21.7. The van der Waals surface area contributed by atoms with Gasteiger partial charge in [0.15, 0.2) is 0 Å². The van der Waals surface area contributed by atoms with Gasteiger partial charge in [-0.15, -0.1) is 11.3 Å². The van der Waals surface area contributed by atoms with Crippen LogP contribution >= 0.6 is 11.3 Å². The summed E-state index contributed by atoms with van der Waals surface area (Å²) in [6, 6.07) is 48.4. The zero-order chi connectivity index (χ0) is 39.0. The van der Waals surface area contributed by atoms with Crippen LogP contribution in [0.25, 0.3) is 86.8 Å². The zero-order valence-corrected chi connectivity index (χ0v) is 33.0. The van der Waals surface area contributed by atoms with Crippen LogP contribution in [0.15, 0.2) is 201 Å². The Morgan fingerprint density at radius 2 is 1.34 bits per heavy atom. The van der Waals surface area contributed by atoms with Crippen LogP contribution in [0.5, 0.6) is 0 Å². The van der Waals surface area contributed by atoms with E-state index < -0.39 is 0 Å². The van der Waals surface area contributed by atoms with Crippen molar-refractivity contribution in [2.45, 2.75) is 13.3 Å². The predicted molar refractivity (Wildman–Crippen MR) is 249 cm³/mol. The molecule has 10 rings (SSSR count). The van der Waals surface area contributed by atoms with Crippen LogP contribution in [0.2, 0.25) is 0 Å². The first-order chi connectivity index (χ1) is 28.7. The van der Waals surface area contributed by atoms with E-state index in [1.807, 2.05) is 54.9 Å². The molecule has 0 spiro atoms. The van der Waals surface area contributed by atoms with E-state index in [-0.39, 0.29) is 0 Å². The van der Waals surface area contributed by atoms with E-state index in [0.29, 0.717) is 0 Å². The van der Waals surface area contributed by atoms with Gasteiger partial charge in [-0.3, -0.25) is 9.97 Å². The molecule has 58 heavy (non-hydrogen) atoms. The average Bonchev–Trinajstić information content (AvgIpc) is 3.69. The zero-order valence-electron chi connectivity index (χ0n) is 32.1. The van der Waals surface area contributed by atoms with E-state index in [4.69, 9.17) is 9.97 Å². The van der Waals surface area contributed by atoms with E-state index >= 15 is 0 Å². The summed E-state index contributed by atoms with van der Waals surface area (Å²) in [5.41, 5.74) is 14.5. The second-order valence-corrected chi connectivity index (χ2v) is 15.6. The van der Waals surface area contributed by atoms with Crippen molar-refractivity contribution in [2.24, 2.45) is 0 Å². The van der Waals surface area contributed by atoms with Crippen molar-refractivity contribution in [1.29, 1.82) is 0 Å². The van der Waals surface area contributed by atoms with Crippen LogP contribution in [0.1, 0.15) is 30.2 Å². The number of nitrogens with zero attached hydrogens (tertiary/aromatic N) is 3. The van der Waals surface area contributed by atoms with E-state index in [2.05, 4.69) is 169 Å². The second-order valence-electron chi connectivity index (χ2n) is 14.5. The molecular weight excluding hydrogens is 723 g/mol. The highest BCUT2D eigenvalue weighted by Crippen LogP contribution is 2.42. The van der Waals surface area contributed by atoms with Crippen molar-refractivity contribution in [1.82, 2.24) is 14.5 Å². The van der Waals surface area contributed by atoms with Gasteiger partial charge >= 0.3 is 0 Å². The molecule has 0 atom stereocenters. The third-order valence-electron chi connectivity index (χ3n) is 11.1. The molecule has 3 nitrogen and oxygen atoms in total. The highest BCUT2D eigenvalue weighted by molar-refractivity contribution is 7.25. The van der Waals surface area contributed by atoms with E-state index in [1.165, 1.54) is 30.9 Å². The number of benzene rings is 5. The van der Waals surface area contributed by atoms with Gasteiger partial charge in [0, 0.05) is 60.2 Å². The molecule has 5 aromatic carbocycles. The molecule has 0 unspecified atom stereocenters. The van der Waals surface area contributed by atoms with Gasteiger partial charge in [0.2, 0.25) is 0 Å². The Balaban J connectivity index is 1.20. The molecule has 9 aromatic rings. The SMILES string of the molecule is C=C/C(=C\C=C/C)c1ccc2sc3ccc(-n4c5ccc(C6=CC=CCC=C6c6ccccn6)cc5c5cc(-c6ccccc6-c6ccccn6)ccc54)cc3c2c1. The normalized spacial score (nSPS) is 13.4. The van der Waals surface area contributed by atoms with Crippen molar-refractivity contribution in [2.75, 3.05) is 0 Å². The van der Waals surface area contributed by atoms with Gasteiger partial charge in [-0.2, -0.15) is 0 Å². The standard InChI is InChI=1S/C54H39N3S/c1-3-5-15-36(4-2)37-24-28-53-47(32-37)48-35-40(25-29-54(48)58-53)57-51-26-22-38(41-16-7-6-8-18-43(41)49-20-11-13-30-55-49)33-45(51)46-34-39(23-27-52(46)57)42-17-9-10-19-44(42)50-21-12-14-31-56-50/h3-7,9-35H,2,8H2,1H3/b5-3-,36-15+. The van der Waals surface area contributed by atoms with Gasteiger partial charge in [0.25, 0.3) is 0 Å². The van der Waals surface area contributed by atoms with Gasteiger partial charge in [-0.25, -0.2) is 0 Å². The van der Waals surface area contributed by atoms with Crippen molar-refractivity contribution < 1.29 is 0 Å². The number of allylic oxidation sites excluding steroid dienone is 11. The maximum atomic E-state index is 4.77. The maximum absolute atomic E-state index is 4.77. The fourth-order valence-electron chi connectivity index (χ4n) is 8.33. The summed E-state index contributed by atoms with van der Waals surface area (Å²) in [7, 11) is 0. The molecule has 0 saturated heterocycles. The minimum absolute atomic E-state index is 0.856. The Morgan fingerprint density at radius 1 is 0.655 bits per heavy atom. The molecule has 1 aliphatic carbocycles. The number of thiophene rings is 1. The molecule has 1 aliphatic rings. The van der Waals surface area contributed by atoms with Crippen LogP contribution in [0, 0.1) is 0 Å². The van der Waals surface area contributed by atoms with E-state index in [1.54, 1.807) is 0 Å². The lowest BCUT2D eigenvalue weighted by Crippen LogP contribution is -1.95. The van der Waals surface area contributed by atoms with Crippen molar-refractivity contribution in [3.63, 3.8) is 0 Å². The second kappa shape index (κ2) is 15.1.